The standard InChI is InChI=1S/C70H44N6/c1-7-19-63-55(13-1)56-14-2-8-20-64(56)75(63)53-33-35-69-61(39-53)59-17-5-11-23-67(59)73(69)51-29-25-45(26-30-51)47-37-49(43-71-41-47)50-38-48(42-72-44-50)46-27-31-52(32-28-46)74-68-24-12-6-18-60(68)62-40-54(34-36-70(62)74)76-65-21-9-3-15-57(65)58-16-4-10-22-66(58)76/h1-44H. The molecule has 0 aliphatic carbocycles. The van der Waals surface area contributed by atoms with Gasteiger partial charge in [0.25, 0.3) is 0 Å². The van der Waals surface area contributed by atoms with Gasteiger partial charge in [-0.1, -0.05) is 133 Å². The first-order valence-corrected chi connectivity index (χ1v) is 25.9. The van der Waals surface area contributed by atoms with E-state index in [1.54, 1.807) is 0 Å². The number of hydrogen-bond acceptors (Lipinski definition) is 2. The minimum absolute atomic E-state index is 1.01. The number of rotatable bonds is 7. The van der Waals surface area contributed by atoms with Gasteiger partial charge < -0.3 is 18.3 Å². The van der Waals surface area contributed by atoms with E-state index in [9.17, 15) is 0 Å². The summed E-state index contributed by atoms with van der Waals surface area (Å²) in [6, 6.07) is 88.2. The number of aromatic nitrogens is 6. The molecule has 0 spiro atoms. The minimum Gasteiger partial charge on any atom is -0.309 e. The lowest BCUT2D eigenvalue weighted by Gasteiger charge is -2.12. The molecule has 6 nitrogen and oxygen atoms in total. The third-order valence-corrected chi connectivity index (χ3v) is 15.7. The van der Waals surface area contributed by atoms with Crippen molar-refractivity contribution < 1.29 is 0 Å². The number of fused-ring (bicyclic) bond motifs is 12. The van der Waals surface area contributed by atoms with Gasteiger partial charge in [-0.3, -0.25) is 9.97 Å². The van der Waals surface area contributed by atoms with Crippen molar-refractivity contribution >= 4 is 87.2 Å². The van der Waals surface area contributed by atoms with Crippen LogP contribution in [0.3, 0.4) is 0 Å². The predicted molar refractivity (Wildman–Crippen MR) is 316 cm³/mol. The molecule has 0 N–H and O–H groups in total. The minimum atomic E-state index is 1.01. The lowest BCUT2D eigenvalue weighted by Crippen LogP contribution is -1.96. The van der Waals surface area contributed by atoms with Crippen LogP contribution in [-0.4, -0.2) is 28.2 Å². The van der Waals surface area contributed by atoms with Gasteiger partial charge in [-0.15, -0.1) is 0 Å². The largest absolute Gasteiger partial charge is 0.309 e. The van der Waals surface area contributed by atoms with Crippen molar-refractivity contribution in [3.05, 3.63) is 267 Å². The lowest BCUT2D eigenvalue weighted by molar-refractivity contribution is 1.16. The van der Waals surface area contributed by atoms with Crippen LogP contribution in [0.15, 0.2) is 267 Å². The van der Waals surface area contributed by atoms with Crippen LogP contribution >= 0.6 is 0 Å². The summed E-state index contributed by atoms with van der Waals surface area (Å²) in [5, 5.41) is 9.93. The normalized spacial score (nSPS) is 11.9. The van der Waals surface area contributed by atoms with Gasteiger partial charge in [0.05, 0.1) is 44.1 Å². The summed E-state index contributed by atoms with van der Waals surface area (Å²) in [6.45, 7) is 0. The Hall–Kier alpha value is -10.3. The molecule has 0 aliphatic heterocycles. The maximum atomic E-state index is 4.76. The van der Waals surface area contributed by atoms with Crippen LogP contribution in [0.2, 0.25) is 0 Å². The maximum Gasteiger partial charge on any atom is 0.0542 e. The van der Waals surface area contributed by atoms with Crippen LogP contribution in [0, 0.1) is 0 Å². The maximum absolute atomic E-state index is 4.76. The highest BCUT2D eigenvalue weighted by atomic mass is 15.0. The van der Waals surface area contributed by atoms with Crippen LogP contribution < -0.4 is 0 Å². The summed E-state index contributed by atoms with van der Waals surface area (Å²) in [6.07, 6.45) is 7.76. The Morgan fingerprint density at radius 2 is 0.421 bits per heavy atom. The summed E-state index contributed by atoms with van der Waals surface area (Å²) < 4.78 is 9.56. The smallest absolute Gasteiger partial charge is 0.0542 e. The van der Waals surface area contributed by atoms with Gasteiger partial charge in [0.2, 0.25) is 0 Å². The number of benzene rings is 10. The molecule has 0 atom stereocenters. The van der Waals surface area contributed by atoms with Gasteiger partial charge in [0.15, 0.2) is 0 Å². The van der Waals surface area contributed by atoms with E-state index in [4.69, 9.17) is 9.97 Å². The Morgan fingerprint density at radius 3 is 0.737 bits per heavy atom. The third kappa shape index (κ3) is 6.41. The molecule has 0 saturated carbocycles. The Labute approximate surface area is 436 Å². The molecule has 6 heterocycles. The van der Waals surface area contributed by atoms with Crippen molar-refractivity contribution in [3.8, 4) is 56.1 Å². The molecular weight excluding hydrogens is 925 g/mol. The van der Waals surface area contributed by atoms with Crippen molar-refractivity contribution in [2.24, 2.45) is 0 Å². The highest BCUT2D eigenvalue weighted by molar-refractivity contribution is 6.14. The zero-order valence-electron chi connectivity index (χ0n) is 41.1. The van der Waals surface area contributed by atoms with Crippen LogP contribution in [0.4, 0.5) is 0 Å². The molecule has 0 unspecified atom stereocenters. The van der Waals surface area contributed by atoms with Crippen LogP contribution in [0.5, 0.6) is 0 Å². The summed E-state index contributed by atoms with van der Waals surface area (Å²) >= 11 is 0. The SMILES string of the molecule is c1ccc2c(c1)c1ccccc1n2-c1ccc2c(c1)c1ccccc1n2-c1ccc(-c2cncc(-c3cncc(-c4ccc(-n5c6ccccc6c6cc(-n7c8ccccc8c8ccccc87)ccc65)cc4)c3)c2)cc1. The fraction of sp³-hybridized carbons (Fsp3) is 0. The molecule has 6 heteroatoms. The third-order valence-electron chi connectivity index (χ3n) is 15.7. The zero-order valence-corrected chi connectivity index (χ0v) is 41.1. The highest BCUT2D eigenvalue weighted by Gasteiger charge is 2.19. The number of nitrogens with zero attached hydrogens (tertiary/aromatic N) is 6. The van der Waals surface area contributed by atoms with Gasteiger partial charge >= 0.3 is 0 Å². The Morgan fingerprint density at radius 1 is 0.184 bits per heavy atom. The molecule has 354 valence electrons. The van der Waals surface area contributed by atoms with Crippen molar-refractivity contribution in [1.29, 1.82) is 0 Å². The van der Waals surface area contributed by atoms with Crippen LogP contribution in [0.1, 0.15) is 0 Å². The predicted octanol–water partition coefficient (Wildman–Crippen LogP) is 17.9. The molecule has 0 amide bonds. The molecule has 0 saturated heterocycles. The average Bonchev–Trinajstić information content (AvgIpc) is 4.23. The molecule has 0 aliphatic rings. The fourth-order valence-electron chi connectivity index (χ4n) is 12.3. The molecule has 16 aromatic rings. The number of para-hydroxylation sites is 6. The molecule has 10 aromatic carbocycles. The topological polar surface area (TPSA) is 45.5 Å². The quantitative estimate of drug-likeness (QED) is 0.160. The first kappa shape index (κ1) is 42.2. The van der Waals surface area contributed by atoms with Crippen LogP contribution in [-0.2, 0) is 0 Å². The second-order valence-electron chi connectivity index (χ2n) is 19.9. The fourth-order valence-corrected chi connectivity index (χ4v) is 12.3. The van der Waals surface area contributed by atoms with E-state index in [0.29, 0.717) is 0 Å². The van der Waals surface area contributed by atoms with Crippen molar-refractivity contribution in [3.63, 3.8) is 0 Å². The summed E-state index contributed by atoms with van der Waals surface area (Å²) in [7, 11) is 0. The first-order valence-electron chi connectivity index (χ1n) is 25.9. The second kappa shape index (κ2) is 16.6. The monoisotopic (exact) mass is 968 g/mol. The van der Waals surface area contributed by atoms with E-state index < -0.39 is 0 Å². The molecule has 16 rings (SSSR count). The average molecular weight is 969 g/mol. The first-order chi connectivity index (χ1) is 37.7. The van der Waals surface area contributed by atoms with Gasteiger partial charge in [0, 0.05) is 113 Å². The Bertz CT molecular complexity index is 4570. The van der Waals surface area contributed by atoms with Gasteiger partial charge in [-0.25, -0.2) is 0 Å². The Balaban J connectivity index is 0.703. The van der Waals surface area contributed by atoms with E-state index in [1.807, 2.05) is 24.8 Å². The van der Waals surface area contributed by atoms with Crippen LogP contribution in [0.25, 0.3) is 143 Å². The van der Waals surface area contributed by atoms with Gasteiger partial charge in [-0.05, 0) is 120 Å². The molecule has 6 aromatic heterocycles. The van der Waals surface area contributed by atoms with E-state index in [1.165, 1.54) is 87.2 Å². The van der Waals surface area contributed by atoms with Crippen molar-refractivity contribution in [2.75, 3.05) is 0 Å². The van der Waals surface area contributed by atoms with Crippen molar-refractivity contribution in [2.45, 2.75) is 0 Å². The highest BCUT2D eigenvalue weighted by Crippen LogP contribution is 2.40. The molecule has 0 radical (unpaired) electrons. The number of hydrogen-bond donors (Lipinski definition) is 0. The molecule has 0 bridgehead atoms. The van der Waals surface area contributed by atoms with E-state index in [-0.39, 0.29) is 0 Å². The zero-order chi connectivity index (χ0) is 49.8. The summed E-state index contributed by atoms with van der Waals surface area (Å²) in [5.41, 5.74) is 20.3. The number of pyridine rings is 2. The van der Waals surface area contributed by atoms with Gasteiger partial charge in [-0.2, -0.15) is 0 Å². The lowest BCUT2D eigenvalue weighted by atomic mass is 10.00. The van der Waals surface area contributed by atoms with E-state index >= 15 is 0 Å². The van der Waals surface area contributed by atoms with Gasteiger partial charge in [0.1, 0.15) is 0 Å². The molecular formula is C70H44N6. The Kier molecular flexibility index (Phi) is 9.23. The molecule has 0 fully saturated rings. The van der Waals surface area contributed by atoms with E-state index in [2.05, 4.69) is 261 Å². The second-order valence-corrected chi connectivity index (χ2v) is 19.9. The summed E-state index contributed by atoms with van der Waals surface area (Å²) in [4.78, 5) is 9.52. The van der Waals surface area contributed by atoms with E-state index in [0.717, 1.165) is 56.1 Å². The van der Waals surface area contributed by atoms with Crippen molar-refractivity contribution in [1.82, 2.24) is 28.2 Å². The molecule has 76 heavy (non-hydrogen) atoms. The summed E-state index contributed by atoms with van der Waals surface area (Å²) in [5.74, 6) is 0.